The number of rotatable bonds is 6. The quantitative estimate of drug-likeness (QED) is 0.717. The summed E-state index contributed by atoms with van der Waals surface area (Å²) < 4.78 is 6.93. The molecule has 0 fully saturated rings. The Morgan fingerprint density at radius 1 is 1.26 bits per heavy atom. The van der Waals surface area contributed by atoms with Gasteiger partial charge >= 0.3 is 0 Å². The van der Waals surface area contributed by atoms with Gasteiger partial charge in [-0.25, -0.2) is 9.67 Å². The lowest BCUT2D eigenvalue weighted by molar-refractivity contribution is 0.0938. The van der Waals surface area contributed by atoms with Gasteiger partial charge < -0.3 is 9.84 Å². The van der Waals surface area contributed by atoms with Crippen LogP contribution in [0.2, 0.25) is 0 Å². The lowest BCUT2D eigenvalue weighted by atomic mass is 10.2. The van der Waals surface area contributed by atoms with Crippen molar-refractivity contribution in [3.63, 3.8) is 0 Å². The molecule has 0 aromatic carbocycles. The summed E-state index contributed by atoms with van der Waals surface area (Å²) in [6.45, 7) is 9.86. The SMILES string of the molecule is CCC(C)NC(=O)c1cnn(-c2ccc(-c3nc(C(C)C)no3)cn2)c1C. The van der Waals surface area contributed by atoms with E-state index in [2.05, 4.69) is 25.5 Å². The monoisotopic (exact) mass is 368 g/mol. The molecule has 1 atom stereocenters. The highest BCUT2D eigenvalue weighted by molar-refractivity contribution is 5.95. The Labute approximate surface area is 158 Å². The zero-order chi connectivity index (χ0) is 19.6. The molecule has 1 unspecified atom stereocenters. The zero-order valence-corrected chi connectivity index (χ0v) is 16.2. The lowest BCUT2D eigenvalue weighted by Gasteiger charge is -2.11. The molecule has 1 N–H and O–H groups in total. The van der Waals surface area contributed by atoms with E-state index in [1.807, 2.05) is 46.8 Å². The molecule has 0 aliphatic heterocycles. The first-order valence-electron chi connectivity index (χ1n) is 9.06. The molecular formula is C19H24N6O2. The third-order valence-corrected chi connectivity index (χ3v) is 4.41. The molecule has 1 amide bonds. The molecule has 0 spiro atoms. The molecule has 3 rings (SSSR count). The second kappa shape index (κ2) is 7.69. The summed E-state index contributed by atoms with van der Waals surface area (Å²) in [5.41, 5.74) is 2.01. The maximum atomic E-state index is 12.4. The molecule has 0 aliphatic carbocycles. The van der Waals surface area contributed by atoms with Crippen molar-refractivity contribution < 1.29 is 9.32 Å². The normalized spacial score (nSPS) is 12.4. The van der Waals surface area contributed by atoms with Gasteiger partial charge in [0, 0.05) is 18.2 Å². The minimum atomic E-state index is -0.128. The second-order valence-corrected chi connectivity index (χ2v) is 6.86. The van der Waals surface area contributed by atoms with Gasteiger partial charge in [0.05, 0.1) is 23.0 Å². The summed E-state index contributed by atoms with van der Waals surface area (Å²) in [4.78, 5) is 21.2. The molecule has 0 saturated heterocycles. The summed E-state index contributed by atoms with van der Waals surface area (Å²) in [5.74, 6) is 1.78. The summed E-state index contributed by atoms with van der Waals surface area (Å²) in [7, 11) is 0. The zero-order valence-electron chi connectivity index (χ0n) is 16.2. The third-order valence-electron chi connectivity index (χ3n) is 4.41. The number of nitrogens with one attached hydrogen (secondary N) is 1. The third kappa shape index (κ3) is 3.89. The first-order valence-corrected chi connectivity index (χ1v) is 9.06. The molecule has 3 aromatic rings. The highest BCUT2D eigenvalue weighted by atomic mass is 16.5. The van der Waals surface area contributed by atoms with Gasteiger partial charge in [-0.1, -0.05) is 25.9 Å². The topological polar surface area (TPSA) is 98.7 Å². The fourth-order valence-electron chi connectivity index (χ4n) is 2.49. The molecular weight excluding hydrogens is 344 g/mol. The van der Waals surface area contributed by atoms with Crippen molar-refractivity contribution in [1.29, 1.82) is 0 Å². The summed E-state index contributed by atoms with van der Waals surface area (Å²) >= 11 is 0. The van der Waals surface area contributed by atoms with Crippen molar-refractivity contribution in [2.45, 2.75) is 53.0 Å². The molecule has 3 heterocycles. The summed E-state index contributed by atoms with van der Waals surface area (Å²) in [5, 5.41) is 11.2. The molecule has 142 valence electrons. The minimum absolute atomic E-state index is 0.114. The molecule has 0 aliphatic rings. The second-order valence-electron chi connectivity index (χ2n) is 6.86. The maximum absolute atomic E-state index is 12.4. The largest absolute Gasteiger partial charge is 0.349 e. The fourth-order valence-corrected chi connectivity index (χ4v) is 2.49. The van der Waals surface area contributed by atoms with Gasteiger partial charge in [0.15, 0.2) is 11.6 Å². The van der Waals surface area contributed by atoms with Crippen LogP contribution in [0.4, 0.5) is 0 Å². The van der Waals surface area contributed by atoms with E-state index in [9.17, 15) is 4.79 Å². The van der Waals surface area contributed by atoms with E-state index in [1.165, 1.54) is 0 Å². The van der Waals surface area contributed by atoms with Crippen molar-refractivity contribution >= 4 is 5.91 Å². The number of hydrogen-bond acceptors (Lipinski definition) is 6. The first kappa shape index (κ1) is 18.8. The van der Waals surface area contributed by atoms with E-state index in [4.69, 9.17) is 4.52 Å². The summed E-state index contributed by atoms with van der Waals surface area (Å²) in [6, 6.07) is 3.77. The molecule has 0 saturated carbocycles. The highest BCUT2D eigenvalue weighted by Gasteiger charge is 2.17. The van der Waals surface area contributed by atoms with Gasteiger partial charge in [0.2, 0.25) is 0 Å². The lowest BCUT2D eigenvalue weighted by Crippen LogP contribution is -2.32. The van der Waals surface area contributed by atoms with Crippen LogP contribution < -0.4 is 5.32 Å². The minimum Gasteiger partial charge on any atom is -0.349 e. The Kier molecular flexibility index (Phi) is 5.34. The molecule has 8 heteroatoms. The van der Waals surface area contributed by atoms with Crippen LogP contribution in [0.3, 0.4) is 0 Å². The average molecular weight is 368 g/mol. The van der Waals surface area contributed by atoms with Crippen molar-refractivity contribution in [2.75, 3.05) is 0 Å². The number of hydrogen-bond donors (Lipinski definition) is 1. The first-order chi connectivity index (χ1) is 12.9. The van der Waals surface area contributed by atoms with Crippen molar-refractivity contribution in [3.8, 4) is 17.3 Å². The van der Waals surface area contributed by atoms with E-state index < -0.39 is 0 Å². The smallest absolute Gasteiger partial charge is 0.259 e. The van der Waals surface area contributed by atoms with Gasteiger partial charge in [-0.3, -0.25) is 4.79 Å². The Morgan fingerprint density at radius 2 is 2.04 bits per heavy atom. The van der Waals surface area contributed by atoms with E-state index in [0.29, 0.717) is 23.1 Å². The van der Waals surface area contributed by atoms with E-state index in [-0.39, 0.29) is 17.9 Å². The number of pyridine rings is 1. The highest BCUT2D eigenvalue weighted by Crippen LogP contribution is 2.21. The van der Waals surface area contributed by atoms with E-state index in [0.717, 1.165) is 17.7 Å². The number of carbonyl (C=O) groups is 1. The summed E-state index contributed by atoms with van der Waals surface area (Å²) in [6.07, 6.45) is 4.10. The number of nitrogens with zero attached hydrogens (tertiary/aromatic N) is 5. The molecule has 0 bridgehead atoms. The Balaban J connectivity index is 1.82. The van der Waals surface area contributed by atoms with E-state index in [1.54, 1.807) is 17.1 Å². The van der Waals surface area contributed by atoms with Gasteiger partial charge in [-0.15, -0.1) is 0 Å². The van der Waals surface area contributed by atoms with Gasteiger partial charge in [0.1, 0.15) is 0 Å². The number of amides is 1. The predicted octanol–water partition coefficient (Wildman–Crippen LogP) is 3.28. The van der Waals surface area contributed by atoms with Crippen molar-refractivity contribution in [2.24, 2.45) is 0 Å². The van der Waals surface area contributed by atoms with Crippen molar-refractivity contribution in [3.05, 3.63) is 41.6 Å². The fraction of sp³-hybridized carbons (Fsp3) is 0.421. The predicted molar refractivity (Wildman–Crippen MR) is 101 cm³/mol. The Hall–Kier alpha value is -3.03. The van der Waals surface area contributed by atoms with Crippen LogP contribution in [0, 0.1) is 6.92 Å². The number of aromatic nitrogens is 5. The van der Waals surface area contributed by atoms with Crippen LogP contribution >= 0.6 is 0 Å². The van der Waals surface area contributed by atoms with Gasteiger partial charge in [-0.2, -0.15) is 10.1 Å². The van der Waals surface area contributed by atoms with Crippen LogP contribution in [0.5, 0.6) is 0 Å². The number of carbonyl (C=O) groups excluding carboxylic acids is 1. The van der Waals surface area contributed by atoms with Crippen LogP contribution in [-0.2, 0) is 0 Å². The molecule has 0 radical (unpaired) electrons. The Morgan fingerprint density at radius 3 is 2.63 bits per heavy atom. The van der Waals surface area contributed by atoms with Crippen molar-refractivity contribution in [1.82, 2.24) is 30.2 Å². The standard InChI is InChI=1S/C19H24N6O2/c1-6-12(4)22-18(26)15-10-21-25(13(15)5)16-8-7-14(9-20-16)19-23-17(11(2)3)24-27-19/h7-12H,6H2,1-5H3,(H,22,26). The van der Waals surface area contributed by atoms with Gasteiger partial charge in [0.25, 0.3) is 11.8 Å². The van der Waals surface area contributed by atoms with Crippen LogP contribution in [-0.4, -0.2) is 36.9 Å². The van der Waals surface area contributed by atoms with E-state index >= 15 is 0 Å². The average Bonchev–Trinajstić information content (AvgIpc) is 3.29. The Bertz CT molecular complexity index is 926. The van der Waals surface area contributed by atoms with Gasteiger partial charge in [-0.05, 0) is 32.4 Å². The maximum Gasteiger partial charge on any atom is 0.259 e. The molecule has 3 aromatic heterocycles. The van der Waals surface area contributed by atoms with Crippen LogP contribution in [0.25, 0.3) is 17.3 Å². The molecule has 8 nitrogen and oxygen atoms in total. The molecule has 27 heavy (non-hydrogen) atoms. The van der Waals surface area contributed by atoms with Crippen LogP contribution in [0.1, 0.15) is 61.9 Å². The van der Waals surface area contributed by atoms with Crippen LogP contribution in [0.15, 0.2) is 29.0 Å².